The van der Waals surface area contributed by atoms with Crippen LogP contribution in [-0.4, -0.2) is 31.4 Å². The van der Waals surface area contributed by atoms with Crippen molar-refractivity contribution in [1.29, 1.82) is 0 Å². The molecule has 3 rings (SSSR count). The predicted molar refractivity (Wildman–Crippen MR) is 75.9 cm³/mol. The van der Waals surface area contributed by atoms with E-state index in [1.54, 1.807) is 7.11 Å². The molecule has 1 aromatic carbocycles. The summed E-state index contributed by atoms with van der Waals surface area (Å²) in [6.45, 7) is 1.35. The Hall–Kier alpha value is -1.75. The number of hydrogen-bond donors (Lipinski definition) is 1. The van der Waals surface area contributed by atoms with E-state index in [0.29, 0.717) is 44.2 Å². The van der Waals surface area contributed by atoms with Crippen molar-refractivity contribution in [2.45, 2.75) is 37.7 Å². The van der Waals surface area contributed by atoms with Gasteiger partial charge in [0.05, 0.1) is 12.0 Å². The Morgan fingerprint density at radius 2 is 1.90 bits per heavy atom. The number of ether oxygens (including phenoxy) is 3. The van der Waals surface area contributed by atoms with E-state index in [9.17, 15) is 9.90 Å². The Kier molecular flexibility index (Phi) is 3.76. The smallest absolute Gasteiger partial charge is 0.314 e. The van der Waals surface area contributed by atoms with Crippen LogP contribution < -0.4 is 9.47 Å². The minimum Gasteiger partial charge on any atom is -0.486 e. The summed E-state index contributed by atoms with van der Waals surface area (Å²) < 4.78 is 16.7. The lowest BCUT2D eigenvalue weighted by Gasteiger charge is -2.30. The molecule has 1 fully saturated rings. The highest BCUT2D eigenvalue weighted by molar-refractivity contribution is 5.83. The zero-order chi connectivity index (χ0) is 14.9. The Labute approximate surface area is 123 Å². The van der Waals surface area contributed by atoms with E-state index >= 15 is 0 Å². The summed E-state index contributed by atoms with van der Waals surface area (Å²) in [7, 11) is 1.62. The summed E-state index contributed by atoms with van der Waals surface area (Å²) in [5, 5.41) is 9.77. The second-order valence-electron chi connectivity index (χ2n) is 5.65. The summed E-state index contributed by atoms with van der Waals surface area (Å²) in [6.07, 6.45) is 3.17. The van der Waals surface area contributed by atoms with Gasteiger partial charge in [-0.2, -0.15) is 0 Å². The number of hydrogen-bond acceptors (Lipinski definition) is 4. The van der Waals surface area contributed by atoms with Crippen molar-refractivity contribution in [2.24, 2.45) is 0 Å². The molecule has 1 N–H and O–H groups in total. The van der Waals surface area contributed by atoms with E-state index in [4.69, 9.17) is 14.2 Å². The number of fused-ring (bicyclic) bond motifs is 1. The van der Waals surface area contributed by atoms with Gasteiger partial charge in [-0.15, -0.1) is 0 Å². The molecule has 0 aromatic heterocycles. The van der Waals surface area contributed by atoms with Crippen LogP contribution in [0.15, 0.2) is 12.1 Å². The molecule has 0 saturated heterocycles. The average Bonchev–Trinajstić information content (AvgIpc) is 2.99. The first-order valence-corrected chi connectivity index (χ1v) is 7.33. The summed E-state index contributed by atoms with van der Waals surface area (Å²) in [6, 6.07) is 3.77. The molecule has 5 heteroatoms. The minimum atomic E-state index is -0.837. The summed E-state index contributed by atoms with van der Waals surface area (Å²) in [5.74, 6) is 0.476. The predicted octanol–water partition coefficient (Wildman–Crippen LogP) is 2.50. The molecule has 0 atom stereocenters. The summed E-state index contributed by atoms with van der Waals surface area (Å²) >= 11 is 0. The maximum absolute atomic E-state index is 11.9. The third-order valence-corrected chi connectivity index (χ3v) is 4.45. The van der Waals surface area contributed by atoms with E-state index in [0.717, 1.165) is 24.0 Å². The maximum atomic E-state index is 11.9. The second-order valence-corrected chi connectivity index (χ2v) is 5.65. The number of methoxy groups -OCH3 is 1. The van der Waals surface area contributed by atoms with Gasteiger partial charge in [-0.05, 0) is 12.8 Å². The monoisotopic (exact) mass is 292 g/mol. The van der Waals surface area contributed by atoms with Gasteiger partial charge in [-0.25, -0.2) is 0 Å². The zero-order valence-electron chi connectivity index (χ0n) is 12.2. The molecule has 21 heavy (non-hydrogen) atoms. The lowest BCUT2D eigenvalue weighted by molar-refractivity contribution is -0.143. The van der Waals surface area contributed by atoms with Crippen LogP contribution in [0, 0.1) is 0 Å². The molecule has 114 valence electrons. The molecule has 1 aliphatic heterocycles. The van der Waals surface area contributed by atoms with Gasteiger partial charge < -0.3 is 19.3 Å². The number of carboxylic acid groups (broad SMARTS) is 1. The highest BCUT2D eigenvalue weighted by atomic mass is 16.6. The van der Waals surface area contributed by atoms with Gasteiger partial charge in [0.25, 0.3) is 0 Å². The number of carboxylic acids is 1. The first-order valence-electron chi connectivity index (χ1n) is 7.33. The molecule has 1 heterocycles. The highest BCUT2D eigenvalue weighted by Crippen LogP contribution is 2.49. The van der Waals surface area contributed by atoms with Gasteiger partial charge in [0.1, 0.15) is 13.2 Å². The van der Waals surface area contributed by atoms with E-state index in [1.165, 1.54) is 0 Å². The van der Waals surface area contributed by atoms with Crippen LogP contribution in [0.3, 0.4) is 0 Å². The normalized spacial score (nSPS) is 19.5. The Bertz CT molecular complexity index is 546. The third kappa shape index (κ3) is 2.25. The third-order valence-electron chi connectivity index (χ3n) is 4.45. The van der Waals surface area contributed by atoms with Gasteiger partial charge in [0, 0.05) is 18.2 Å². The topological polar surface area (TPSA) is 65.0 Å². The SMILES string of the molecule is COCc1ccc(C2(C(=O)O)CCCC2)c2c1OCCO2. The largest absolute Gasteiger partial charge is 0.486 e. The summed E-state index contributed by atoms with van der Waals surface area (Å²) in [4.78, 5) is 11.9. The molecule has 2 aliphatic rings. The lowest BCUT2D eigenvalue weighted by atomic mass is 9.78. The molecular weight excluding hydrogens is 272 g/mol. The van der Waals surface area contributed by atoms with Crippen LogP contribution >= 0.6 is 0 Å². The molecular formula is C16H20O5. The van der Waals surface area contributed by atoms with Gasteiger partial charge in [-0.1, -0.05) is 25.0 Å². The number of aliphatic carboxylic acids is 1. The van der Waals surface area contributed by atoms with Crippen molar-refractivity contribution in [3.63, 3.8) is 0 Å². The average molecular weight is 292 g/mol. The summed E-state index contributed by atoms with van der Waals surface area (Å²) in [5.41, 5.74) is 0.813. The van der Waals surface area contributed by atoms with Gasteiger partial charge in [-0.3, -0.25) is 4.79 Å². The fourth-order valence-electron chi connectivity index (χ4n) is 3.42. The molecule has 0 unspecified atom stereocenters. The van der Waals surface area contributed by atoms with E-state index < -0.39 is 11.4 Å². The van der Waals surface area contributed by atoms with E-state index in [1.807, 2.05) is 12.1 Å². The maximum Gasteiger partial charge on any atom is 0.314 e. The fourth-order valence-corrected chi connectivity index (χ4v) is 3.42. The van der Waals surface area contributed by atoms with Crippen molar-refractivity contribution in [2.75, 3.05) is 20.3 Å². The zero-order valence-corrected chi connectivity index (χ0v) is 12.2. The first-order chi connectivity index (χ1) is 10.2. The Morgan fingerprint density at radius 1 is 1.24 bits per heavy atom. The first kappa shape index (κ1) is 14.2. The second kappa shape index (κ2) is 5.56. The van der Waals surface area contributed by atoms with Gasteiger partial charge in [0.15, 0.2) is 11.5 Å². The van der Waals surface area contributed by atoms with Crippen LogP contribution in [0.2, 0.25) is 0 Å². The molecule has 0 spiro atoms. The van der Waals surface area contributed by atoms with Gasteiger partial charge in [0.2, 0.25) is 0 Å². The van der Waals surface area contributed by atoms with Crippen molar-refractivity contribution < 1.29 is 24.1 Å². The molecule has 1 saturated carbocycles. The van der Waals surface area contributed by atoms with Crippen molar-refractivity contribution in [1.82, 2.24) is 0 Å². The Balaban J connectivity index is 2.12. The molecule has 0 radical (unpaired) electrons. The number of benzene rings is 1. The van der Waals surface area contributed by atoms with Gasteiger partial charge >= 0.3 is 5.97 Å². The quantitative estimate of drug-likeness (QED) is 0.923. The fraction of sp³-hybridized carbons (Fsp3) is 0.562. The molecule has 1 aromatic rings. The van der Waals surface area contributed by atoms with Crippen LogP contribution in [0.4, 0.5) is 0 Å². The minimum absolute atomic E-state index is 0.423. The van der Waals surface area contributed by atoms with E-state index in [2.05, 4.69) is 0 Å². The standard InChI is InChI=1S/C16H20O5/c1-19-10-11-4-5-12(14-13(11)20-8-9-21-14)16(15(17)18)6-2-3-7-16/h4-5H,2-3,6-10H2,1H3,(H,17,18). The number of carbonyl (C=O) groups is 1. The lowest BCUT2D eigenvalue weighted by Crippen LogP contribution is -2.34. The van der Waals surface area contributed by atoms with Crippen LogP contribution in [0.1, 0.15) is 36.8 Å². The van der Waals surface area contributed by atoms with Crippen molar-refractivity contribution >= 4 is 5.97 Å². The molecule has 0 bridgehead atoms. The van der Waals surface area contributed by atoms with E-state index in [-0.39, 0.29) is 0 Å². The van der Waals surface area contributed by atoms with Crippen molar-refractivity contribution in [3.05, 3.63) is 23.3 Å². The molecule has 1 aliphatic carbocycles. The van der Waals surface area contributed by atoms with Crippen LogP contribution in [-0.2, 0) is 21.6 Å². The Morgan fingerprint density at radius 3 is 2.52 bits per heavy atom. The highest BCUT2D eigenvalue weighted by Gasteiger charge is 2.46. The number of rotatable bonds is 4. The van der Waals surface area contributed by atoms with Crippen molar-refractivity contribution in [3.8, 4) is 11.5 Å². The molecule has 0 amide bonds. The van der Waals surface area contributed by atoms with Crippen LogP contribution in [0.5, 0.6) is 11.5 Å². The van der Waals surface area contributed by atoms with Crippen LogP contribution in [0.25, 0.3) is 0 Å². The molecule has 5 nitrogen and oxygen atoms in total.